The van der Waals surface area contributed by atoms with Crippen LogP contribution in [0.1, 0.15) is 25.7 Å². The van der Waals surface area contributed by atoms with Gasteiger partial charge in [-0.1, -0.05) is 0 Å². The van der Waals surface area contributed by atoms with Crippen LogP contribution in [0, 0.1) is 5.92 Å². The maximum absolute atomic E-state index is 11.8. The van der Waals surface area contributed by atoms with Crippen molar-refractivity contribution in [3.8, 4) is 0 Å². The molecule has 1 saturated carbocycles. The predicted molar refractivity (Wildman–Crippen MR) is 64.3 cm³/mol. The Labute approximate surface area is 106 Å². The molecule has 0 aromatic heterocycles. The fourth-order valence-corrected chi connectivity index (χ4v) is 2.08. The molecule has 6 heteroatoms. The van der Waals surface area contributed by atoms with Gasteiger partial charge < -0.3 is 20.1 Å². The number of nitrogens with one attached hydrogen (secondary N) is 1. The summed E-state index contributed by atoms with van der Waals surface area (Å²) in [5, 5.41) is 11.4. The van der Waals surface area contributed by atoms with Crippen LogP contribution in [0.25, 0.3) is 0 Å². The van der Waals surface area contributed by atoms with Crippen molar-refractivity contribution in [2.24, 2.45) is 5.92 Å². The lowest BCUT2D eigenvalue weighted by Crippen LogP contribution is -2.46. The molecule has 0 spiro atoms. The molecule has 0 unspecified atom stereocenters. The molecule has 0 atom stereocenters. The number of piperidine rings is 1. The number of carboxylic acid groups (broad SMARTS) is 1. The Bertz CT molecular complexity index is 309. The molecule has 0 aromatic carbocycles. The van der Waals surface area contributed by atoms with E-state index in [1.165, 1.54) is 12.8 Å². The van der Waals surface area contributed by atoms with Crippen LogP contribution in [0.3, 0.4) is 0 Å². The van der Waals surface area contributed by atoms with Crippen LogP contribution in [0.2, 0.25) is 0 Å². The Kier molecular flexibility index (Phi) is 4.41. The molecule has 6 nitrogen and oxygen atoms in total. The summed E-state index contributed by atoms with van der Waals surface area (Å²) in [5.74, 6) is -0.259. The van der Waals surface area contributed by atoms with E-state index >= 15 is 0 Å². The molecule has 2 N–H and O–H groups in total. The fourth-order valence-electron chi connectivity index (χ4n) is 2.08. The van der Waals surface area contributed by atoms with Crippen molar-refractivity contribution < 1.29 is 19.4 Å². The largest absolute Gasteiger partial charge is 0.480 e. The monoisotopic (exact) mass is 256 g/mol. The number of likely N-dealkylation sites (tertiary alicyclic amines) is 1. The first-order valence-corrected chi connectivity index (χ1v) is 6.51. The number of carbonyl (C=O) groups excluding carboxylic acids is 1. The highest BCUT2D eigenvalue weighted by Gasteiger charge is 2.26. The first kappa shape index (κ1) is 13.1. The third-order valence-corrected chi connectivity index (χ3v) is 3.41. The van der Waals surface area contributed by atoms with Gasteiger partial charge in [-0.25, -0.2) is 9.59 Å². The molecule has 0 radical (unpaired) electrons. The van der Waals surface area contributed by atoms with Gasteiger partial charge >= 0.3 is 12.0 Å². The summed E-state index contributed by atoms with van der Waals surface area (Å²) in [7, 11) is 0. The Morgan fingerprint density at radius 2 is 1.89 bits per heavy atom. The molecular weight excluding hydrogens is 236 g/mol. The topological polar surface area (TPSA) is 78.9 Å². The molecule has 1 aliphatic carbocycles. The lowest BCUT2D eigenvalue weighted by atomic mass is 10.1. The van der Waals surface area contributed by atoms with Gasteiger partial charge in [-0.15, -0.1) is 0 Å². The van der Waals surface area contributed by atoms with E-state index < -0.39 is 5.97 Å². The molecule has 2 amide bonds. The van der Waals surface area contributed by atoms with Gasteiger partial charge in [0.25, 0.3) is 0 Å². The highest BCUT2D eigenvalue weighted by molar-refractivity contribution is 5.74. The zero-order valence-electron chi connectivity index (χ0n) is 10.4. The van der Waals surface area contributed by atoms with E-state index in [-0.39, 0.29) is 18.7 Å². The summed E-state index contributed by atoms with van der Waals surface area (Å²) in [6, 6.07) is -0.00131. The first-order valence-electron chi connectivity index (χ1n) is 6.51. The SMILES string of the molecule is O=C(O)COC1CCN(C(=O)NCC2CC2)CC1. The molecule has 0 bridgehead atoms. The summed E-state index contributed by atoms with van der Waals surface area (Å²) in [6.07, 6.45) is 3.85. The van der Waals surface area contributed by atoms with Gasteiger partial charge in [0.05, 0.1) is 6.10 Å². The predicted octanol–water partition coefficient (Wildman–Crippen LogP) is 0.672. The number of amides is 2. The van der Waals surface area contributed by atoms with Crippen molar-refractivity contribution in [2.45, 2.75) is 31.8 Å². The lowest BCUT2D eigenvalue weighted by Gasteiger charge is -2.31. The molecular formula is C12H20N2O4. The number of hydrogen-bond acceptors (Lipinski definition) is 3. The summed E-state index contributed by atoms with van der Waals surface area (Å²) in [5.41, 5.74) is 0. The van der Waals surface area contributed by atoms with E-state index in [2.05, 4.69) is 5.32 Å². The zero-order chi connectivity index (χ0) is 13.0. The van der Waals surface area contributed by atoms with Crippen LogP contribution in [-0.2, 0) is 9.53 Å². The minimum atomic E-state index is -0.945. The number of rotatable bonds is 5. The van der Waals surface area contributed by atoms with Crippen molar-refractivity contribution in [3.05, 3.63) is 0 Å². The minimum absolute atomic E-state index is 0.00131. The summed E-state index contributed by atoms with van der Waals surface area (Å²) < 4.78 is 5.22. The van der Waals surface area contributed by atoms with Gasteiger partial charge in [-0.2, -0.15) is 0 Å². The number of carbonyl (C=O) groups is 2. The van der Waals surface area contributed by atoms with Crippen LogP contribution in [0.5, 0.6) is 0 Å². The van der Waals surface area contributed by atoms with E-state index in [4.69, 9.17) is 9.84 Å². The second-order valence-corrected chi connectivity index (χ2v) is 5.02. The van der Waals surface area contributed by atoms with Crippen molar-refractivity contribution in [1.82, 2.24) is 10.2 Å². The van der Waals surface area contributed by atoms with E-state index in [9.17, 15) is 9.59 Å². The fraction of sp³-hybridized carbons (Fsp3) is 0.833. The Balaban J connectivity index is 1.62. The molecule has 1 saturated heterocycles. The Morgan fingerprint density at radius 3 is 2.44 bits per heavy atom. The average Bonchev–Trinajstić information content (AvgIpc) is 3.18. The maximum atomic E-state index is 11.8. The van der Waals surface area contributed by atoms with Gasteiger partial charge in [-0.05, 0) is 31.6 Å². The number of nitrogens with zero attached hydrogens (tertiary/aromatic N) is 1. The van der Waals surface area contributed by atoms with Crippen LogP contribution >= 0.6 is 0 Å². The third kappa shape index (κ3) is 4.18. The molecule has 1 heterocycles. The smallest absolute Gasteiger partial charge is 0.329 e. The lowest BCUT2D eigenvalue weighted by molar-refractivity contribution is -0.145. The average molecular weight is 256 g/mol. The highest BCUT2D eigenvalue weighted by atomic mass is 16.5. The summed E-state index contributed by atoms with van der Waals surface area (Å²) in [4.78, 5) is 23.9. The number of carboxylic acids is 1. The minimum Gasteiger partial charge on any atom is -0.480 e. The molecule has 2 rings (SSSR count). The normalized spacial score (nSPS) is 20.8. The second-order valence-electron chi connectivity index (χ2n) is 5.02. The Morgan fingerprint density at radius 1 is 1.22 bits per heavy atom. The number of ether oxygens (including phenoxy) is 1. The standard InChI is InChI=1S/C12H20N2O4/c15-11(16)8-18-10-3-5-14(6-4-10)12(17)13-7-9-1-2-9/h9-10H,1-8H2,(H,13,17)(H,15,16). The molecule has 0 aromatic rings. The number of aliphatic carboxylic acids is 1. The first-order chi connectivity index (χ1) is 8.65. The zero-order valence-corrected chi connectivity index (χ0v) is 10.4. The molecule has 2 fully saturated rings. The molecule has 18 heavy (non-hydrogen) atoms. The highest BCUT2D eigenvalue weighted by Crippen LogP contribution is 2.27. The summed E-state index contributed by atoms with van der Waals surface area (Å²) in [6.45, 7) is 1.81. The summed E-state index contributed by atoms with van der Waals surface area (Å²) >= 11 is 0. The van der Waals surface area contributed by atoms with Gasteiger partial charge in [0.2, 0.25) is 0 Å². The van der Waals surface area contributed by atoms with Crippen molar-refractivity contribution in [3.63, 3.8) is 0 Å². The maximum Gasteiger partial charge on any atom is 0.329 e. The van der Waals surface area contributed by atoms with Crippen molar-refractivity contribution in [1.29, 1.82) is 0 Å². The number of urea groups is 1. The van der Waals surface area contributed by atoms with E-state index in [1.54, 1.807) is 4.90 Å². The van der Waals surface area contributed by atoms with Gasteiger partial charge in [0, 0.05) is 19.6 Å². The van der Waals surface area contributed by atoms with Gasteiger partial charge in [0.1, 0.15) is 6.61 Å². The second kappa shape index (κ2) is 6.04. The molecule has 102 valence electrons. The van der Waals surface area contributed by atoms with Crippen molar-refractivity contribution in [2.75, 3.05) is 26.2 Å². The van der Waals surface area contributed by atoms with Crippen LogP contribution in [0.4, 0.5) is 4.79 Å². The van der Waals surface area contributed by atoms with Gasteiger partial charge in [0.15, 0.2) is 0 Å². The van der Waals surface area contributed by atoms with Crippen molar-refractivity contribution >= 4 is 12.0 Å². The van der Waals surface area contributed by atoms with E-state index in [0.29, 0.717) is 31.8 Å². The van der Waals surface area contributed by atoms with E-state index in [0.717, 1.165) is 6.54 Å². The number of hydrogen-bond donors (Lipinski definition) is 2. The van der Waals surface area contributed by atoms with E-state index in [1.807, 2.05) is 0 Å². The Hall–Kier alpha value is -1.30. The quantitative estimate of drug-likeness (QED) is 0.758. The molecule has 2 aliphatic rings. The van der Waals surface area contributed by atoms with Crippen LogP contribution in [0.15, 0.2) is 0 Å². The third-order valence-electron chi connectivity index (χ3n) is 3.41. The van der Waals surface area contributed by atoms with Crippen LogP contribution in [-0.4, -0.2) is 54.4 Å². The van der Waals surface area contributed by atoms with Crippen LogP contribution < -0.4 is 5.32 Å². The van der Waals surface area contributed by atoms with Gasteiger partial charge in [-0.3, -0.25) is 0 Å². The molecule has 1 aliphatic heterocycles.